The third-order valence-electron chi connectivity index (χ3n) is 2.85. The molecule has 2 heteroatoms. The maximum atomic E-state index is 5.38. The molecule has 1 N–H and O–H groups in total. The lowest BCUT2D eigenvalue weighted by Gasteiger charge is -2.18. The van der Waals surface area contributed by atoms with Gasteiger partial charge in [-0.05, 0) is 36.6 Å². The number of anilines is 1. The second-order valence-corrected chi connectivity index (χ2v) is 3.88. The quantitative estimate of drug-likeness (QED) is 0.762. The average molecular weight is 199 g/mol. The molecular formula is C13H13NO. The van der Waals surface area contributed by atoms with E-state index in [1.165, 1.54) is 24.1 Å². The Labute approximate surface area is 88.9 Å². The highest BCUT2D eigenvalue weighted by Gasteiger charge is 2.10. The van der Waals surface area contributed by atoms with E-state index in [0.717, 1.165) is 17.9 Å². The van der Waals surface area contributed by atoms with Crippen LogP contribution in [0.25, 0.3) is 11.3 Å². The molecule has 0 saturated heterocycles. The van der Waals surface area contributed by atoms with Crippen LogP contribution in [-0.4, -0.2) is 6.54 Å². The molecule has 1 aromatic heterocycles. The van der Waals surface area contributed by atoms with E-state index in [2.05, 4.69) is 23.5 Å². The monoisotopic (exact) mass is 199 g/mol. The van der Waals surface area contributed by atoms with Crippen LogP contribution in [0.4, 0.5) is 5.69 Å². The smallest absolute Gasteiger partial charge is 0.133 e. The molecule has 1 aromatic carbocycles. The number of furan rings is 1. The van der Waals surface area contributed by atoms with Gasteiger partial charge in [0.05, 0.1) is 6.26 Å². The Morgan fingerprint density at radius 2 is 2.20 bits per heavy atom. The Kier molecular flexibility index (Phi) is 1.98. The first-order valence-electron chi connectivity index (χ1n) is 5.34. The summed E-state index contributed by atoms with van der Waals surface area (Å²) in [5.41, 5.74) is 3.82. The molecule has 0 saturated carbocycles. The highest BCUT2D eigenvalue weighted by molar-refractivity contribution is 5.67. The summed E-state index contributed by atoms with van der Waals surface area (Å²) in [6.45, 7) is 1.08. The summed E-state index contributed by atoms with van der Waals surface area (Å²) in [5.74, 6) is 0.935. The van der Waals surface area contributed by atoms with Crippen molar-refractivity contribution in [1.82, 2.24) is 0 Å². The molecule has 0 fully saturated rings. The molecule has 0 bridgehead atoms. The second-order valence-electron chi connectivity index (χ2n) is 3.88. The summed E-state index contributed by atoms with van der Waals surface area (Å²) in [6, 6.07) is 10.4. The van der Waals surface area contributed by atoms with E-state index in [9.17, 15) is 0 Å². The summed E-state index contributed by atoms with van der Waals surface area (Å²) in [7, 11) is 0. The number of nitrogens with one attached hydrogen (secondary N) is 1. The van der Waals surface area contributed by atoms with Crippen molar-refractivity contribution in [1.29, 1.82) is 0 Å². The van der Waals surface area contributed by atoms with Crippen LogP contribution in [0.3, 0.4) is 0 Å². The zero-order valence-corrected chi connectivity index (χ0v) is 8.49. The molecular weight excluding hydrogens is 186 g/mol. The fourth-order valence-electron chi connectivity index (χ4n) is 2.06. The van der Waals surface area contributed by atoms with Gasteiger partial charge in [-0.15, -0.1) is 0 Å². The molecule has 0 radical (unpaired) electrons. The van der Waals surface area contributed by atoms with Gasteiger partial charge < -0.3 is 9.73 Å². The number of hydrogen-bond donors (Lipinski definition) is 1. The Bertz CT molecular complexity index is 459. The molecule has 2 aromatic rings. The summed E-state index contributed by atoms with van der Waals surface area (Å²) in [6.07, 6.45) is 4.12. The van der Waals surface area contributed by atoms with Crippen molar-refractivity contribution >= 4 is 5.69 Å². The van der Waals surface area contributed by atoms with Crippen molar-refractivity contribution in [3.8, 4) is 11.3 Å². The third kappa shape index (κ3) is 1.52. The van der Waals surface area contributed by atoms with Gasteiger partial charge in [-0.2, -0.15) is 0 Å². The lowest BCUT2D eigenvalue weighted by atomic mass is 10.0. The molecule has 15 heavy (non-hydrogen) atoms. The van der Waals surface area contributed by atoms with Gasteiger partial charge in [-0.1, -0.05) is 12.1 Å². The number of benzene rings is 1. The molecule has 0 spiro atoms. The predicted molar refractivity (Wildman–Crippen MR) is 61.0 cm³/mol. The van der Waals surface area contributed by atoms with Gasteiger partial charge in [0.25, 0.3) is 0 Å². The summed E-state index contributed by atoms with van der Waals surface area (Å²) < 4.78 is 5.38. The normalized spacial score (nSPS) is 14.4. The fourth-order valence-corrected chi connectivity index (χ4v) is 2.06. The van der Waals surface area contributed by atoms with E-state index in [1.807, 2.05) is 12.1 Å². The zero-order chi connectivity index (χ0) is 10.1. The molecule has 2 heterocycles. The number of aryl methyl sites for hydroxylation is 1. The van der Waals surface area contributed by atoms with Crippen molar-refractivity contribution in [2.24, 2.45) is 0 Å². The minimum Gasteiger partial charge on any atom is -0.464 e. The van der Waals surface area contributed by atoms with Crippen LogP contribution in [0, 0.1) is 0 Å². The van der Waals surface area contributed by atoms with Gasteiger partial charge in [-0.25, -0.2) is 0 Å². The molecule has 0 atom stereocenters. The van der Waals surface area contributed by atoms with E-state index in [4.69, 9.17) is 4.42 Å². The van der Waals surface area contributed by atoms with Crippen LogP contribution >= 0.6 is 0 Å². The Balaban J connectivity index is 2.04. The van der Waals surface area contributed by atoms with E-state index < -0.39 is 0 Å². The van der Waals surface area contributed by atoms with E-state index >= 15 is 0 Å². The van der Waals surface area contributed by atoms with Crippen molar-refractivity contribution < 1.29 is 4.42 Å². The van der Waals surface area contributed by atoms with Crippen LogP contribution in [0.5, 0.6) is 0 Å². The first kappa shape index (κ1) is 8.60. The number of hydrogen-bond acceptors (Lipinski definition) is 2. The van der Waals surface area contributed by atoms with Crippen LogP contribution in [-0.2, 0) is 6.42 Å². The molecule has 0 unspecified atom stereocenters. The van der Waals surface area contributed by atoms with Crippen molar-refractivity contribution in [3.63, 3.8) is 0 Å². The van der Waals surface area contributed by atoms with E-state index in [1.54, 1.807) is 6.26 Å². The summed E-state index contributed by atoms with van der Waals surface area (Å²) in [4.78, 5) is 0. The van der Waals surface area contributed by atoms with Crippen LogP contribution in [0.15, 0.2) is 41.0 Å². The topological polar surface area (TPSA) is 25.2 Å². The molecule has 1 aliphatic heterocycles. The minimum absolute atomic E-state index is 0.935. The van der Waals surface area contributed by atoms with Crippen LogP contribution in [0.1, 0.15) is 12.0 Å². The van der Waals surface area contributed by atoms with Gasteiger partial charge in [0, 0.05) is 17.8 Å². The first-order valence-corrected chi connectivity index (χ1v) is 5.34. The van der Waals surface area contributed by atoms with Gasteiger partial charge in [-0.3, -0.25) is 0 Å². The fraction of sp³-hybridized carbons (Fsp3) is 0.231. The van der Waals surface area contributed by atoms with E-state index in [-0.39, 0.29) is 0 Å². The van der Waals surface area contributed by atoms with Crippen molar-refractivity contribution in [3.05, 3.63) is 42.2 Å². The maximum absolute atomic E-state index is 5.38. The molecule has 1 aliphatic rings. The lowest BCUT2D eigenvalue weighted by molar-refractivity contribution is 0.582. The van der Waals surface area contributed by atoms with Gasteiger partial charge in [0.2, 0.25) is 0 Å². The maximum Gasteiger partial charge on any atom is 0.133 e. The number of rotatable bonds is 1. The number of fused-ring (bicyclic) bond motifs is 1. The Hall–Kier alpha value is -1.70. The van der Waals surface area contributed by atoms with Crippen molar-refractivity contribution in [2.75, 3.05) is 11.9 Å². The van der Waals surface area contributed by atoms with Gasteiger partial charge in [0.15, 0.2) is 0 Å². The standard InChI is InChI=1S/C13H13NO/c1-3-10-5-6-11(9-12(10)14-7-1)13-4-2-8-15-13/h2,4-6,8-9,14H,1,3,7H2. The van der Waals surface area contributed by atoms with Crippen LogP contribution < -0.4 is 5.32 Å². The summed E-state index contributed by atoms with van der Waals surface area (Å²) >= 11 is 0. The second kappa shape index (κ2) is 3.46. The van der Waals surface area contributed by atoms with Crippen molar-refractivity contribution in [2.45, 2.75) is 12.8 Å². The highest BCUT2D eigenvalue weighted by Crippen LogP contribution is 2.28. The molecule has 76 valence electrons. The van der Waals surface area contributed by atoms with Gasteiger partial charge in [0.1, 0.15) is 5.76 Å². The van der Waals surface area contributed by atoms with Crippen LogP contribution in [0.2, 0.25) is 0 Å². The average Bonchev–Trinajstić information content (AvgIpc) is 2.82. The zero-order valence-electron chi connectivity index (χ0n) is 8.49. The predicted octanol–water partition coefficient (Wildman–Crippen LogP) is 3.30. The Morgan fingerprint density at radius 3 is 3.07 bits per heavy atom. The largest absolute Gasteiger partial charge is 0.464 e. The molecule has 3 rings (SSSR count). The lowest BCUT2D eigenvalue weighted by Crippen LogP contribution is -2.11. The molecule has 0 amide bonds. The molecule has 2 nitrogen and oxygen atoms in total. The highest BCUT2D eigenvalue weighted by atomic mass is 16.3. The third-order valence-corrected chi connectivity index (χ3v) is 2.85. The summed E-state index contributed by atoms with van der Waals surface area (Å²) in [5, 5.41) is 3.42. The molecule has 0 aliphatic carbocycles. The van der Waals surface area contributed by atoms with Gasteiger partial charge >= 0.3 is 0 Å². The van der Waals surface area contributed by atoms with E-state index in [0.29, 0.717) is 0 Å². The minimum atomic E-state index is 0.935. The Morgan fingerprint density at radius 1 is 1.20 bits per heavy atom. The first-order chi connectivity index (χ1) is 7.43. The SMILES string of the molecule is c1coc(-c2ccc3c(c2)NCCC3)c1.